The van der Waals surface area contributed by atoms with Crippen LogP contribution in [-0.4, -0.2) is 28.8 Å². The summed E-state index contributed by atoms with van der Waals surface area (Å²) in [5, 5.41) is 0. The first-order chi connectivity index (χ1) is 13.0. The van der Waals surface area contributed by atoms with Crippen LogP contribution in [0, 0.1) is 6.92 Å². The first-order valence-corrected chi connectivity index (χ1v) is 8.75. The largest absolute Gasteiger partial charge is 0.369 e. The van der Waals surface area contributed by atoms with Gasteiger partial charge >= 0.3 is 0 Å². The van der Waals surface area contributed by atoms with Crippen molar-refractivity contribution in [1.82, 2.24) is 9.88 Å². The minimum Gasteiger partial charge on any atom is -0.369 e. The predicted molar refractivity (Wildman–Crippen MR) is 106 cm³/mol. The van der Waals surface area contributed by atoms with Gasteiger partial charge in [-0.2, -0.15) is 0 Å². The molecule has 1 unspecified atom stereocenters. The lowest BCUT2D eigenvalue weighted by Crippen LogP contribution is -2.41. The number of hydrogen-bond acceptors (Lipinski definition) is 4. The summed E-state index contributed by atoms with van der Waals surface area (Å²) in [5.74, 6) is 0.0374. The van der Waals surface area contributed by atoms with Crippen LogP contribution in [0.5, 0.6) is 0 Å². The number of benzene rings is 2. The van der Waals surface area contributed by atoms with Gasteiger partial charge < -0.3 is 5.73 Å². The van der Waals surface area contributed by atoms with Crippen molar-refractivity contribution >= 4 is 11.9 Å². The third-order valence-corrected chi connectivity index (χ3v) is 4.94. The van der Waals surface area contributed by atoms with E-state index in [9.17, 15) is 4.79 Å². The molecule has 1 aliphatic heterocycles. The molecule has 134 valence electrons. The van der Waals surface area contributed by atoms with Gasteiger partial charge in [-0.05, 0) is 47.4 Å². The molecule has 2 aromatic carbocycles. The summed E-state index contributed by atoms with van der Waals surface area (Å²) in [6.45, 7) is 1.90. The van der Waals surface area contributed by atoms with Crippen LogP contribution < -0.4 is 5.73 Å². The summed E-state index contributed by atoms with van der Waals surface area (Å²) in [4.78, 5) is 23.6. The molecule has 27 heavy (non-hydrogen) atoms. The van der Waals surface area contributed by atoms with Crippen LogP contribution in [0.1, 0.15) is 16.8 Å². The zero-order chi connectivity index (χ0) is 19.0. The Morgan fingerprint density at radius 3 is 2.30 bits per heavy atom. The maximum absolute atomic E-state index is 13.3. The second-order valence-corrected chi connectivity index (χ2v) is 6.68. The smallest absolute Gasteiger partial charge is 0.266 e. The molecule has 2 N–H and O–H groups in total. The van der Waals surface area contributed by atoms with Gasteiger partial charge in [-0.1, -0.05) is 48.5 Å². The Balaban J connectivity index is 1.95. The topological polar surface area (TPSA) is 71.6 Å². The van der Waals surface area contributed by atoms with Crippen molar-refractivity contribution in [3.8, 4) is 11.1 Å². The summed E-state index contributed by atoms with van der Waals surface area (Å²) >= 11 is 0. The molecule has 0 spiro atoms. The van der Waals surface area contributed by atoms with E-state index < -0.39 is 5.54 Å². The number of aliphatic imine (C=N–C) groups is 1. The van der Waals surface area contributed by atoms with Crippen molar-refractivity contribution in [2.24, 2.45) is 10.7 Å². The lowest BCUT2D eigenvalue weighted by Gasteiger charge is -2.26. The van der Waals surface area contributed by atoms with E-state index in [0.29, 0.717) is 0 Å². The van der Waals surface area contributed by atoms with Crippen molar-refractivity contribution in [2.45, 2.75) is 12.5 Å². The van der Waals surface area contributed by atoms with Crippen LogP contribution in [0.25, 0.3) is 11.1 Å². The zero-order valence-corrected chi connectivity index (χ0v) is 15.3. The molecular formula is C22H20N4O. The van der Waals surface area contributed by atoms with Gasteiger partial charge in [-0.15, -0.1) is 0 Å². The molecule has 0 fully saturated rings. The SMILES string of the molecule is Cc1cc(C2(c3cccc(-c4ccccc4)c3)N=C(N)N(C)C2=O)ccn1. The van der Waals surface area contributed by atoms with Crippen LogP contribution >= 0.6 is 0 Å². The molecule has 1 aromatic heterocycles. The minimum atomic E-state index is -1.20. The monoisotopic (exact) mass is 356 g/mol. The fraction of sp³-hybridized carbons (Fsp3) is 0.136. The van der Waals surface area contributed by atoms with Gasteiger partial charge in [0.1, 0.15) is 0 Å². The highest BCUT2D eigenvalue weighted by atomic mass is 16.2. The Morgan fingerprint density at radius 1 is 0.926 bits per heavy atom. The average Bonchev–Trinajstić information content (AvgIpc) is 2.94. The molecule has 1 atom stereocenters. The number of aryl methyl sites for hydroxylation is 1. The van der Waals surface area contributed by atoms with E-state index in [2.05, 4.69) is 9.98 Å². The quantitative estimate of drug-likeness (QED) is 0.784. The Morgan fingerprint density at radius 2 is 1.63 bits per heavy atom. The van der Waals surface area contributed by atoms with Gasteiger partial charge in [-0.25, -0.2) is 4.99 Å². The highest BCUT2D eigenvalue weighted by Crippen LogP contribution is 2.40. The van der Waals surface area contributed by atoms with Gasteiger partial charge in [0.25, 0.3) is 5.91 Å². The third kappa shape index (κ3) is 2.68. The number of hydrogen-bond donors (Lipinski definition) is 1. The number of pyridine rings is 1. The van der Waals surface area contributed by atoms with E-state index in [1.807, 2.05) is 73.7 Å². The maximum Gasteiger partial charge on any atom is 0.266 e. The van der Waals surface area contributed by atoms with E-state index >= 15 is 0 Å². The van der Waals surface area contributed by atoms with Crippen LogP contribution in [-0.2, 0) is 10.3 Å². The number of carbonyl (C=O) groups is 1. The Hall–Kier alpha value is -3.47. The van der Waals surface area contributed by atoms with Gasteiger partial charge in [0.2, 0.25) is 0 Å². The molecule has 5 heteroatoms. The van der Waals surface area contributed by atoms with Crippen LogP contribution in [0.4, 0.5) is 0 Å². The Bertz CT molecular complexity index is 1040. The van der Waals surface area contributed by atoms with Gasteiger partial charge in [0.05, 0.1) is 0 Å². The number of amides is 1. The van der Waals surface area contributed by atoms with Crippen LogP contribution in [0.2, 0.25) is 0 Å². The van der Waals surface area contributed by atoms with E-state index in [1.54, 1.807) is 13.2 Å². The molecule has 1 aliphatic rings. The first-order valence-electron chi connectivity index (χ1n) is 8.75. The van der Waals surface area contributed by atoms with Crippen molar-refractivity contribution in [3.63, 3.8) is 0 Å². The number of aromatic nitrogens is 1. The maximum atomic E-state index is 13.3. The number of rotatable bonds is 3. The Kier molecular flexibility index (Phi) is 4.00. The summed E-state index contributed by atoms with van der Waals surface area (Å²) in [5.41, 5.74) is 9.32. The number of likely N-dealkylation sites (N-methyl/N-ethyl adjacent to an activating group) is 1. The van der Waals surface area contributed by atoms with E-state index in [1.165, 1.54) is 4.90 Å². The van der Waals surface area contributed by atoms with Crippen molar-refractivity contribution in [3.05, 3.63) is 89.7 Å². The molecule has 1 amide bonds. The molecule has 3 aromatic rings. The van der Waals surface area contributed by atoms with E-state index in [-0.39, 0.29) is 11.9 Å². The molecule has 5 nitrogen and oxygen atoms in total. The highest BCUT2D eigenvalue weighted by molar-refractivity contribution is 6.09. The second kappa shape index (κ2) is 6.36. The summed E-state index contributed by atoms with van der Waals surface area (Å²) < 4.78 is 0. The Labute approximate surface area is 158 Å². The normalized spacial score (nSPS) is 19.3. The second-order valence-electron chi connectivity index (χ2n) is 6.68. The number of nitrogens with two attached hydrogens (primary N) is 1. The fourth-order valence-corrected chi connectivity index (χ4v) is 3.51. The van der Waals surface area contributed by atoms with E-state index in [4.69, 9.17) is 5.73 Å². The number of nitrogens with zero attached hydrogens (tertiary/aromatic N) is 3. The van der Waals surface area contributed by atoms with Gasteiger partial charge in [0.15, 0.2) is 11.5 Å². The van der Waals surface area contributed by atoms with Crippen molar-refractivity contribution in [1.29, 1.82) is 0 Å². The predicted octanol–water partition coefficient (Wildman–Crippen LogP) is 3.09. The van der Waals surface area contributed by atoms with Crippen LogP contribution in [0.15, 0.2) is 77.9 Å². The third-order valence-electron chi connectivity index (χ3n) is 4.94. The standard InChI is InChI=1S/C22H20N4O/c1-15-13-19(11-12-24-15)22(20(27)26(2)21(23)25-22)18-10-6-9-17(14-18)16-7-4-3-5-8-16/h3-14H,1-2H3,(H2,23,25). The van der Waals surface area contributed by atoms with Crippen molar-refractivity contribution in [2.75, 3.05) is 7.05 Å². The summed E-state index contributed by atoms with van der Waals surface area (Å²) in [6.07, 6.45) is 1.70. The van der Waals surface area contributed by atoms with Gasteiger partial charge in [-0.3, -0.25) is 14.7 Å². The van der Waals surface area contributed by atoms with Crippen LogP contribution in [0.3, 0.4) is 0 Å². The van der Waals surface area contributed by atoms with E-state index in [0.717, 1.165) is 27.9 Å². The average molecular weight is 356 g/mol. The zero-order valence-electron chi connectivity index (χ0n) is 15.3. The number of carbonyl (C=O) groups excluding carboxylic acids is 1. The molecular weight excluding hydrogens is 336 g/mol. The molecule has 2 heterocycles. The minimum absolute atomic E-state index is 0.171. The highest BCUT2D eigenvalue weighted by Gasteiger charge is 2.49. The molecule has 4 rings (SSSR count). The molecule has 0 bridgehead atoms. The number of guanidine groups is 1. The molecule has 0 saturated heterocycles. The fourth-order valence-electron chi connectivity index (χ4n) is 3.51. The molecule has 0 aliphatic carbocycles. The lowest BCUT2D eigenvalue weighted by molar-refractivity contribution is -0.129. The lowest BCUT2D eigenvalue weighted by atomic mass is 9.82. The summed E-state index contributed by atoms with van der Waals surface area (Å²) in [7, 11) is 1.65. The molecule has 0 saturated carbocycles. The van der Waals surface area contributed by atoms with Crippen molar-refractivity contribution < 1.29 is 4.79 Å². The first kappa shape index (κ1) is 17.0. The molecule has 0 radical (unpaired) electrons. The summed E-state index contributed by atoms with van der Waals surface area (Å²) in [6, 6.07) is 21.7. The van der Waals surface area contributed by atoms with Gasteiger partial charge in [0, 0.05) is 18.9 Å².